The molecule has 0 spiro atoms. The lowest BCUT2D eigenvalue weighted by atomic mass is 10.1. The van der Waals surface area contributed by atoms with Gasteiger partial charge in [-0.3, -0.25) is 14.8 Å². The summed E-state index contributed by atoms with van der Waals surface area (Å²) in [6.45, 7) is 1.79. The number of rotatable bonds is 2. The van der Waals surface area contributed by atoms with Crippen molar-refractivity contribution >= 4 is 28.1 Å². The van der Waals surface area contributed by atoms with E-state index in [1.165, 1.54) is 5.56 Å². The van der Waals surface area contributed by atoms with Gasteiger partial charge in [0.1, 0.15) is 0 Å². The minimum absolute atomic E-state index is 0.0603. The van der Waals surface area contributed by atoms with E-state index in [2.05, 4.69) is 51.1 Å². The monoisotopic (exact) mass is 338 g/mol. The smallest absolute Gasteiger partial charge is 0.275 e. The van der Waals surface area contributed by atoms with Crippen LogP contribution in [0, 0.1) is 0 Å². The summed E-state index contributed by atoms with van der Waals surface area (Å²) in [4.78, 5) is 17.3. The number of aromatic nitrogens is 2. The highest BCUT2D eigenvalue weighted by Gasteiger charge is 2.44. The molecule has 1 amide bonds. The highest BCUT2D eigenvalue weighted by Crippen LogP contribution is 2.32. The molecule has 2 bridgehead atoms. The highest BCUT2D eigenvalue weighted by atomic mass is 32.1. The molecule has 2 aromatic heterocycles. The lowest BCUT2D eigenvalue weighted by Gasteiger charge is -2.31. The van der Waals surface area contributed by atoms with Gasteiger partial charge < -0.3 is 4.90 Å². The average Bonchev–Trinajstić information content (AvgIpc) is 3.35. The van der Waals surface area contributed by atoms with Crippen LogP contribution in [-0.2, 0) is 0 Å². The molecule has 2 aliphatic rings. The summed E-state index contributed by atoms with van der Waals surface area (Å²) in [5.41, 5.74) is 3.82. The molecule has 2 saturated heterocycles. The molecule has 1 N–H and O–H groups in total. The van der Waals surface area contributed by atoms with E-state index in [9.17, 15) is 4.79 Å². The molecule has 2 unspecified atom stereocenters. The van der Waals surface area contributed by atoms with E-state index >= 15 is 0 Å². The van der Waals surface area contributed by atoms with Gasteiger partial charge in [-0.05, 0) is 53.6 Å². The van der Waals surface area contributed by atoms with Crippen LogP contribution in [0.4, 0.5) is 0 Å². The van der Waals surface area contributed by atoms with Crippen molar-refractivity contribution in [3.05, 3.63) is 40.7 Å². The van der Waals surface area contributed by atoms with Crippen molar-refractivity contribution in [1.82, 2.24) is 20.0 Å². The van der Waals surface area contributed by atoms with Crippen molar-refractivity contribution in [1.29, 1.82) is 0 Å². The number of amides is 1. The quantitative estimate of drug-likeness (QED) is 0.782. The van der Waals surface area contributed by atoms with Gasteiger partial charge in [0.25, 0.3) is 5.91 Å². The van der Waals surface area contributed by atoms with E-state index in [0.29, 0.717) is 17.8 Å². The van der Waals surface area contributed by atoms with Crippen molar-refractivity contribution in [3.63, 3.8) is 0 Å². The molecule has 24 heavy (non-hydrogen) atoms. The Labute approximate surface area is 143 Å². The molecule has 2 atom stereocenters. The first-order chi connectivity index (χ1) is 11.7. The first-order valence-electron chi connectivity index (χ1n) is 8.22. The van der Waals surface area contributed by atoms with Gasteiger partial charge >= 0.3 is 0 Å². The van der Waals surface area contributed by atoms with Crippen LogP contribution in [0.1, 0.15) is 16.9 Å². The van der Waals surface area contributed by atoms with Gasteiger partial charge in [-0.2, -0.15) is 16.4 Å². The number of carbonyl (C=O) groups is 1. The zero-order valence-corrected chi connectivity index (χ0v) is 14.2. The van der Waals surface area contributed by atoms with Crippen molar-refractivity contribution < 1.29 is 4.79 Å². The van der Waals surface area contributed by atoms with Gasteiger partial charge in [-0.15, -0.1) is 0 Å². The number of thiophene rings is 1. The molecule has 5 rings (SSSR count). The van der Waals surface area contributed by atoms with Gasteiger partial charge in [-0.1, -0.05) is 6.07 Å². The van der Waals surface area contributed by atoms with Gasteiger partial charge in [0, 0.05) is 30.6 Å². The van der Waals surface area contributed by atoms with Gasteiger partial charge in [-0.25, -0.2) is 0 Å². The fourth-order valence-electron chi connectivity index (χ4n) is 4.04. The fraction of sp³-hybridized carbons (Fsp3) is 0.333. The first kappa shape index (κ1) is 14.2. The Bertz CT molecular complexity index is 914. The molecule has 4 heterocycles. The first-order valence-corrected chi connectivity index (χ1v) is 9.17. The predicted molar refractivity (Wildman–Crippen MR) is 95.3 cm³/mol. The molecule has 0 aliphatic carbocycles. The van der Waals surface area contributed by atoms with Crippen LogP contribution in [0.15, 0.2) is 35.0 Å². The Hall–Kier alpha value is -2.18. The molecule has 0 radical (unpaired) electrons. The number of fused-ring (bicyclic) bond motifs is 3. The minimum Gasteiger partial charge on any atom is -0.331 e. The molecule has 3 aromatic rings. The van der Waals surface area contributed by atoms with Crippen LogP contribution in [-0.4, -0.2) is 58.1 Å². The molecule has 6 heteroatoms. The highest BCUT2D eigenvalue weighted by molar-refractivity contribution is 7.08. The predicted octanol–water partition coefficient (Wildman–Crippen LogP) is 2.82. The van der Waals surface area contributed by atoms with Crippen molar-refractivity contribution in [2.24, 2.45) is 0 Å². The Balaban J connectivity index is 1.48. The van der Waals surface area contributed by atoms with Crippen molar-refractivity contribution in [2.75, 3.05) is 20.1 Å². The molecule has 2 aliphatic heterocycles. The Morgan fingerprint density at radius 2 is 2.17 bits per heavy atom. The average molecular weight is 338 g/mol. The molecule has 2 fully saturated rings. The molecular weight excluding hydrogens is 320 g/mol. The lowest BCUT2D eigenvalue weighted by Crippen LogP contribution is -2.47. The maximum atomic E-state index is 13.0. The van der Waals surface area contributed by atoms with Crippen LogP contribution in [0.25, 0.3) is 22.0 Å². The number of carbonyl (C=O) groups excluding carboxylic acids is 1. The van der Waals surface area contributed by atoms with E-state index in [4.69, 9.17) is 0 Å². The molecule has 1 aromatic carbocycles. The van der Waals surface area contributed by atoms with E-state index in [-0.39, 0.29) is 5.91 Å². The number of hydrogen-bond acceptors (Lipinski definition) is 4. The Morgan fingerprint density at radius 1 is 1.25 bits per heavy atom. The SMILES string of the molecule is CN1CC2CC1CN2C(=O)c1n[nH]c2cc(-c3ccsc3)ccc12. The number of nitrogens with zero attached hydrogens (tertiary/aromatic N) is 3. The zero-order valence-electron chi connectivity index (χ0n) is 13.4. The fourth-order valence-corrected chi connectivity index (χ4v) is 4.71. The number of benzene rings is 1. The van der Waals surface area contributed by atoms with Gasteiger partial charge in [0.05, 0.1) is 5.52 Å². The molecular formula is C18H18N4OS. The normalized spacial score (nSPS) is 23.5. The number of likely N-dealkylation sites (N-methyl/N-ethyl adjacent to an activating group) is 1. The minimum atomic E-state index is 0.0603. The van der Waals surface area contributed by atoms with Crippen LogP contribution >= 0.6 is 11.3 Å². The van der Waals surface area contributed by atoms with Crippen LogP contribution in [0.3, 0.4) is 0 Å². The van der Waals surface area contributed by atoms with E-state index in [1.54, 1.807) is 11.3 Å². The maximum absolute atomic E-state index is 13.0. The third-order valence-electron chi connectivity index (χ3n) is 5.40. The Kier molecular flexibility index (Phi) is 3.05. The lowest BCUT2D eigenvalue weighted by molar-refractivity contribution is 0.0646. The standard InChI is InChI=1S/C18H18N4OS/c1-21-8-14-7-13(21)9-22(14)18(23)17-15-3-2-11(6-16(15)19-20-17)12-4-5-24-10-12/h2-6,10,13-14H,7-9H2,1H3,(H,19,20). The number of likely N-dealkylation sites (tertiary alicyclic amines) is 2. The Morgan fingerprint density at radius 3 is 2.88 bits per heavy atom. The van der Waals surface area contributed by atoms with E-state index < -0.39 is 0 Å². The van der Waals surface area contributed by atoms with Crippen LogP contribution < -0.4 is 0 Å². The number of aromatic amines is 1. The van der Waals surface area contributed by atoms with Gasteiger partial charge in [0.15, 0.2) is 5.69 Å². The third kappa shape index (κ3) is 2.03. The number of nitrogens with one attached hydrogen (secondary N) is 1. The summed E-state index contributed by atoms with van der Waals surface area (Å²) in [7, 11) is 2.14. The summed E-state index contributed by atoms with van der Waals surface area (Å²) in [6, 6.07) is 9.11. The molecule has 0 saturated carbocycles. The van der Waals surface area contributed by atoms with Crippen molar-refractivity contribution in [3.8, 4) is 11.1 Å². The second-order valence-electron chi connectivity index (χ2n) is 6.79. The summed E-state index contributed by atoms with van der Waals surface area (Å²) in [5, 5.41) is 12.5. The summed E-state index contributed by atoms with van der Waals surface area (Å²) < 4.78 is 0. The van der Waals surface area contributed by atoms with E-state index in [0.717, 1.165) is 36.0 Å². The number of H-pyrrole nitrogens is 1. The zero-order chi connectivity index (χ0) is 16.3. The van der Waals surface area contributed by atoms with Crippen LogP contribution in [0.2, 0.25) is 0 Å². The second-order valence-corrected chi connectivity index (χ2v) is 7.57. The largest absolute Gasteiger partial charge is 0.331 e. The maximum Gasteiger partial charge on any atom is 0.275 e. The molecule has 5 nitrogen and oxygen atoms in total. The van der Waals surface area contributed by atoms with Gasteiger partial charge in [0.2, 0.25) is 0 Å². The second kappa shape index (κ2) is 5.16. The number of piperazine rings is 1. The van der Waals surface area contributed by atoms with Crippen LogP contribution in [0.5, 0.6) is 0 Å². The summed E-state index contributed by atoms with van der Waals surface area (Å²) in [6.07, 6.45) is 1.09. The summed E-state index contributed by atoms with van der Waals surface area (Å²) >= 11 is 1.68. The topological polar surface area (TPSA) is 52.2 Å². The third-order valence-corrected chi connectivity index (χ3v) is 6.08. The summed E-state index contributed by atoms with van der Waals surface area (Å²) in [5.74, 6) is 0.0603. The number of hydrogen-bond donors (Lipinski definition) is 1. The van der Waals surface area contributed by atoms with E-state index in [1.807, 2.05) is 11.0 Å². The molecule has 122 valence electrons. The van der Waals surface area contributed by atoms with Crippen molar-refractivity contribution in [2.45, 2.75) is 18.5 Å².